The first-order valence-corrected chi connectivity index (χ1v) is 8.53. The molecule has 24 heavy (non-hydrogen) atoms. The lowest BCUT2D eigenvalue weighted by molar-refractivity contribution is -0.148. The molecular formula is C18H25N3O3. The number of para-hydroxylation sites is 2. The number of carbonyl (C=O) groups is 1. The minimum atomic E-state index is -0.908. The minimum absolute atomic E-state index is 0.377. The van der Waals surface area contributed by atoms with E-state index in [0.29, 0.717) is 32.0 Å². The molecule has 0 aliphatic carbocycles. The Morgan fingerprint density at radius 2 is 2.12 bits per heavy atom. The Bertz CT molecular complexity index is 725. The number of imidazole rings is 1. The molecule has 0 amide bonds. The van der Waals surface area contributed by atoms with Crippen molar-refractivity contribution in [2.45, 2.75) is 39.5 Å². The highest BCUT2D eigenvalue weighted by Crippen LogP contribution is 2.23. The molecule has 3 rings (SSSR count). The summed E-state index contributed by atoms with van der Waals surface area (Å²) in [4.78, 5) is 18.0. The van der Waals surface area contributed by atoms with Crippen LogP contribution in [0.4, 0.5) is 0 Å². The molecule has 2 aromatic rings. The van der Waals surface area contributed by atoms with Gasteiger partial charge in [-0.15, -0.1) is 0 Å². The summed E-state index contributed by atoms with van der Waals surface area (Å²) in [7, 11) is 0. The van der Waals surface area contributed by atoms with Gasteiger partial charge in [-0.3, -0.25) is 9.69 Å². The second-order valence-electron chi connectivity index (χ2n) is 7.06. The number of aliphatic carboxylic acids is 1. The number of aliphatic hydroxyl groups excluding tert-OH is 1. The van der Waals surface area contributed by atoms with Gasteiger partial charge in [-0.1, -0.05) is 26.0 Å². The third kappa shape index (κ3) is 3.44. The van der Waals surface area contributed by atoms with E-state index in [1.54, 1.807) is 0 Å². The number of hydrogen-bond acceptors (Lipinski definition) is 4. The fraction of sp³-hybridized carbons (Fsp3) is 0.556. The van der Waals surface area contributed by atoms with Crippen molar-refractivity contribution < 1.29 is 15.0 Å². The van der Waals surface area contributed by atoms with Crippen LogP contribution < -0.4 is 0 Å². The molecule has 6 nitrogen and oxygen atoms in total. The molecule has 6 heteroatoms. The molecule has 1 aromatic heterocycles. The van der Waals surface area contributed by atoms with Crippen molar-refractivity contribution >= 4 is 17.0 Å². The SMILES string of the molecule is CC(C)Cn1c(CN2CC[C@H](C(=O)O)[C@H](O)C2)nc2ccccc21. The van der Waals surface area contributed by atoms with Crippen molar-refractivity contribution in [2.75, 3.05) is 13.1 Å². The second kappa shape index (κ2) is 6.91. The number of carboxylic acids is 1. The van der Waals surface area contributed by atoms with Crippen LogP contribution in [0.1, 0.15) is 26.1 Å². The molecule has 2 heterocycles. The van der Waals surface area contributed by atoms with Crippen LogP contribution >= 0.6 is 0 Å². The zero-order chi connectivity index (χ0) is 17.3. The van der Waals surface area contributed by atoms with E-state index in [4.69, 9.17) is 10.1 Å². The molecule has 1 aliphatic heterocycles. The number of β-amino-alcohol motifs (C(OH)–C–C–N with tert-alkyl or cyclic N) is 1. The van der Waals surface area contributed by atoms with Crippen molar-refractivity contribution in [1.29, 1.82) is 0 Å². The Labute approximate surface area is 141 Å². The fourth-order valence-electron chi connectivity index (χ4n) is 3.44. The van der Waals surface area contributed by atoms with Crippen LogP contribution in [0, 0.1) is 11.8 Å². The summed E-state index contributed by atoms with van der Waals surface area (Å²) in [5, 5.41) is 19.2. The number of piperidine rings is 1. The maximum atomic E-state index is 11.1. The number of benzene rings is 1. The largest absolute Gasteiger partial charge is 0.481 e. The second-order valence-corrected chi connectivity index (χ2v) is 7.06. The number of fused-ring (bicyclic) bond motifs is 1. The first kappa shape index (κ1) is 16.9. The monoisotopic (exact) mass is 331 g/mol. The zero-order valence-corrected chi connectivity index (χ0v) is 14.2. The molecule has 0 unspecified atom stereocenters. The predicted octanol–water partition coefficient (Wildman–Crippen LogP) is 1.96. The maximum Gasteiger partial charge on any atom is 0.309 e. The van der Waals surface area contributed by atoms with Crippen molar-refractivity contribution in [1.82, 2.24) is 14.5 Å². The highest BCUT2D eigenvalue weighted by molar-refractivity contribution is 5.75. The van der Waals surface area contributed by atoms with Gasteiger partial charge in [-0.05, 0) is 31.0 Å². The number of hydrogen-bond donors (Lipinski definition) is 2. The average molecular weight is 331 g/mol. The summed E-state index contributed by atoms with van der Waals surface area (Å²) in [6.07, 6.45) is -0.347. The number of rotatable bonds is 5. The average Bonchev–Trinajstić information content (AvgIpc) is 2.84. The van der Waals surface area contributed by atoms with E-state index in [1.807, 2.05) is 18.2 Å². The van der Waals surface area contributed by atoms with Crippen LogP contribution in [0.5, 0.6) is 0 Å². The Kier molecular flexibility index (Phi) is 4.87. The third-order valence-electron chi connectivity index (χ3n) is 4.63. The summed E-state index contributed by atoms with van der Waals surface area (Å²) in [6, 6.07) is 8.11. The van der Waals surface area contributed by atoms with Gasteiger partial charge in [0.05, 0.1) is 29.6 Å². The summed E-state index contributed by atoms with van der Waals surface area (Å²) >= 11 is 0. The van der Waals surface area contributed by atoms with Gasteiger partial charge in [-0.2, -0.15) is 0 Å². The summed E-state index contributed by atoms with van der Waals surface area (Å²) in [5.74, 6) is -0.0829. The first-order chi connectivity index (χ1) is 11.5. The number of aromatic nitrogens is 2. The molecule has 1 aromatic carbocycles. The Balaban J connectivity index is 1.81. The lowest BCUT2D eigenvalue weighted by atomic mass is 9.94. The first-order valence-electron chi connectivity index (χ1n) is 8.53. The van der Waals surface area contributed by atoms with Gasteiger partial charge in [0.15, 0.2) is 0 Å². The molecule has 0 radical (unpaired) electrons. The maximum absolute atomic E-state index is 11.1. The topological polar surface area (TPSA) is 78.6 Å². The van der Waals surface area contributed by atoms with Crippen LogP contribution in [-0.4, -0.2) is 49.8 Å². The molecular weight excluding hydrogens is 306 g/mol. The van der Waals surface area contributed by atoms with E-state index in [1.165, 1.54) is 0 Å². The quantitative estimate of drug-likeness (QED) is 0.876. The molecule has 0 bridgehead atoms. The van der Waals surface area contributed by atoms with Gasteiger partial charge in [0.25, 0.3) is 0 Å². The number of carboxylic acid groups (broad SMARTS) is 1. The Morgan fingerprint density at radius 3 is 2.79 bits per heavy atom. The summed E-state index contributed by atoms with van der Waals surface area (Å²) in [6.45, 7) is 6.93. The van der Waals surface area contributed by atoms with Crippen molar-refractivity contribution in [3.63, 3.8) is 0 Å². The van der Waals surface area contributed by atoms with Gasteiger partial charge in [0.2, 0.25) is 0 Å². The van der Waals surface area contributed by atoms with Gasteiger partial charge in [0, 0.05) is 13.1 Å². The standard InChI is InChI=1S/C18H25N3O3/c1-12(2)9-21-15-6-4-3-5-14(15)19-17(21)11-20-8-7-13(18(23)24)16(22)10-20/h3-6,12-13,16,22H,7-11H2,1-2H3,(H,23,24)/t13-,16+/m0/s1. The van der Waals surface area contributed by atoms with E-state index >= 15 is 0 Å². The van der Waals surface area contributed by atoms with Crippen LogP contribution in [0.15, 0.2) is 24.3 Å². The molecule has 0 saturated carbocycles. The van der Waals surface area contributed by atoms with E-state index in [0.717, 1.165) is 23.4 Å². The molecule has 1 saturated heterocycles. The van der Waals surface area contributed by atoms with E-state index in [9.17, 15) is 9.90 Å². The van der Waals surface area contributed by atoms with Crippen molar-refractivity contribution in [3.8, 4) is 0 Å². The van der Waals surface area contributed by atoms with Crippen molar-refractivity contribution in [3.05, 3.63) is 30.1 Å². The van der Waals surface area contributed by atoms with Gasteiger partial charge < -0.3 is 14.8 Å². The predicted molar refractivity (Wildman–Crippen MR) is 91.6 cm³/mol. The molecule has 1 fully saturated rings. The number of aliphatic hydroxyl groups is 1. The highest BCUT2D eigenvalue weighted by atomic mass is 16.4. The van der Waals surface area contributed by atoms with E-state index in [-0.39, 0.29) is 0 Å². The van der Waals surface area contributed by atoms with Crippen LogP contribution in [0.2, 0.25) is 0 Å². The third-order valence-corrected chi connectivity index (χ3v) is 4.63. The molecule has 1 aliphatic rings. The molecule has 2 atom stereocenters. The number of nitrogens with zero attached hydrogens (tertiary/aromatic N) is 3. The van der Waals surface area contributed by atoms with Gasteiger partial charge in [-0.25, -0.2) is 4.98 Å². The summed E-state index contributed by atoms with van der Waals surface area (Å²) < 4.78 is 2.25. The highest BCUT2D eigenvalue weighted by Gasteiger charge is 2.33. The fourth-order valence-corrected chi connectivity index (χ4v) is 3.44. The van der Waals surface area contributed by atoms with Gasteiger partial charge >= 0.3 is 5.97 Å². The zero-order valence-electron chi connectivity index (χ0n) is 14.2. The van der Waals surface area contributed by atoms with Crippen molar-refractivity contribution in [2.24, 2.45) is 11.8 Å². The van der Waals surface area contributed by atoms with Crippen LogP contribution in [0.25, 0.3) is 11.0 Å². The smallest absolute Gasteiger partial charge is 0.309 e. The molecule has 130 valence electrons. The Hall–Kier alpha value is -1.92. The lowest BCUT2D eigenvalue weighted by Crippen LogP contribution is -2.46. The molecule has 0 spiro atoms. The molecule has 2 N–H and O–H groups in total. The minimum Gasteiger partial charge on any atom is -0.481 e. The number of likely N-dealkylation sites (tertiary alicyclic amines) is 1. The van der Waals surface area contributed by atoms with Gasteiger partial charge in [0.1, 0.15) is 5.82 Å². The van der Waals surface area contributed by atoms with Crippen LogP contribution in [-0.2, 0) is 17.9 Å². The summed E-state index contributed by atoms with van der Waals surface area (Å²) in [5.41, 5.74) is 2.11. The van der Waals surface area contributed by atoms with Crippen LogP contribution in [0.3, 0.4) is 0 Å². The lowest BCUT2D eigenvalue weighted by Gasteiger charge is -2.33. The van der Waals surface area contributed by atoms with E-state index < -0.39 is 18.0 Å². The Morgan fingerprint density at radius 1 is 1.38 bits per heavy atom. The van der Waals surface area contributed by atoms with E-state index in [2.05, 4.69) is 29.4 Å². The normalized spacial score (nSPS) is 22.3.